The maximum absolute atomic E-state index is 13.5. The first-order chi connectivity index (χ1) is 16.1. The Balaban J connectivity index is 1.85. The van der Waals surface area contributed by atoms with Crippen LogP contribution in [0.15, 0.2) is 76.7 Å². The Morgan fingerprint density at radius 3 is 2.29 bits per heavy atom. The van der Waals surface area contributed by atoms with E-state index in [0.29, 0.717) is 11.3 Å². The van der Waals surface area contributed by atoms with Gasteiger partial charge >= 0.3 is 0 Å². The van der Waals surface area contributed by atoms with E-state index in [9.17, 15) is 23.3 Å². The molecule has 9 nitrogen and oxygen atoms in total. The van der Waals surface area contributed by atoms with Gasteiger partial charge < -0.3 is 0 Å². The summed E-state index contributed by atoms with van der Waals surface area (Å²) in [7, 11) is -4.04. The summed E-state index contributed by atoms with van der Waals surface area (Å²) < 4.78 is 28.0. The molecular formula is C24H24N4O5S. The van der Waals surface area contributed by atoms with Crippen LogP contribution in [0.1, 0.15) is 22.3 Å². The van der Waals surface area contributed by atoms with E-state index < -0.39 is 27.4 Å². The van der Waals surface area contributed by atoms with Crippen molar-refractivity contribution < 1.29 is 18.1 Å². The van der Waals surface area contributed by atoms with Crippen LogP contribution in [0.4, 0.5) is 11.4 Å². The van der Waals surface area contributed by atoms with Gasteiger partial charge in [-0.25, -0.2) is 13.8 Å². The molecule has 0 bridgehead atoms. The molecule has 0 heterocycles. The van der Waals surface area contributed by atoms with Crippen molar-refractivity contribution in [2.45, 2.75) is 25.7 Å². The predicted molar refractivity (Wildman–Crippen MR) is 130 cm³/mol. The van der Waals surface area contributed by atoms with E-state index in [0.717, 1.165) is 21.0 Å². The fourth-order valence-electron chi connectivity index (χ4n) is 3.17. The molecular weight excluding hydrogens is 456 g/mol. The third-order valence-electron chi connectivity index (χ3n) is 5.25. The van der Waals surface area contributed by atoms with Crippen molar-refractivity contribution in [3.63, 3.8) is 0 Å². The van der Waals surface area contributed by atoms with Gasteiger partial charge in [-0.3, -0.25) is 19.2 Å². The molecule has 0 aromatic heterocycles. The second-order valence-electron chi connectivity index (χ2n) is 7.69. The average molecular weight is 481 g/mol. The number of rotatable bonds is 8. The standard InChI is InChI=1S/C24H24N4O5S/c1-17-7-13-22(14-8-17)34(32,33)27(23-6-4-5-18(2)19(23)3)16-24(29)26-25-15-20-9-11-21(12-10-20)28(30)31/h4-15H,16H2,1-3H3,(H,26,29)/b25-15-. The van der Waals surface area contributed by atoms with Crippen LogP contribution in [0.5, 0.6) is 0 Å². The van der Waals surface area contributed by atoms with Crippen molar-refractivity contribution in [1.82, 2.24) is 5.43 Å². The maximum Gasteiger partial charge on any atom is 0.269 e. The largest absolute Gasteiger partial charge is 0.271 e. The molecule has 0 spiro atoms. The Labute approximate surface area is 197 Å². The quantitative estimate of drug-likeness (QED) is 0.298. The van der Waals surface area contributed by atoms with Crippen molar-refractivity contribution in [2.24, 2.45) is 5.10 Å². The molecule has 0 radical (unpaired) electrons. The molecule has 3 rings (SSSR count). The Morgan fingerprint density at radius 1 is 1.03 bits per heavy atom. The smallest absolute Gasteiger partial charge is 0.269 e. The minimum absolute atomic E-state index is 0.0633. The van der Waals surface area contributed by atoms with Gasteiger partial charge in [0, 0.05) is 12.1 Å². The summed E-state index contributed by atoms with van der Waals surface area (Å²) in [4.78, 5) is 23.0. The Morgan fingerprint density at radius 2 is 1.68 bits per heavy atom. The fourth-order valence-corrected chi connectivity index (χ4v) is 4.65. The summed E-state index contributed by atoms with van der Waals surface area (Å²) in [5.74, 6) is -0.644. The topological polar surface area (TPSA) is 122 Å². The number of amides is 1. The number of nitrogens with zero attached hydrogens (tertiary/aromatic N) is 3. The second-order valence-corrected chi connectivity index (χ2v) is 9.55. The molecule has 0 saturated heterocycles. The van der Waals surface area contributed by atoms with Crippen molar-refractivity contribution in [2.75, 3.05) is 10.8 Å². The van der Waals surface area contributed by atoms with Crippen molar-refractivity contribution in [1.29, 1.82) is 0 Å². The molecule has 3 aromatic rings. The van der Waals surface area contributed by atoms with Crippen LogP contribution in [0.2, 0.25) is 0 Å². The lowest BCUT2D eigenvalue weighted by Crippen LogP contribution is -2.40. The number of aryl methyl sites for hydroxylation is 2. The number of hydrazone groups is 1. The molecule has 0 aliphatic heterocycles. The van der Waals surface area contributed by atoms with Gasteiger partial charge in [-0.2, -0.15) is 5.10 Å². The van der Waals surface area contributed by atoms with Crippen LogP contribution in [-0.4, -0.2) is 32.0 Å². The Bertz CT molecular complexity index is 1330. The van der Waals surface area contributed by atoms with Crippen LogP contribution in [-0.2, 0) is 14.8 Å². The molecule has 0 fully saturated rings. The van der Waals surface area contributed by atoms with Gasteiger partial charge in [0.2, 0.25) is 0 Å². The highest BCUT2D eigenvalue weighted by Crippen LogP contribution is 2.28. The van der Waals surface area contributed by atoms with Crippen molar-refractivity contribution in [3.8, 4) is 0 Å². The van der Waals surface area contributed by atoms with Crippen LogP contribution in [0, 0.1) is 30.9 Å². The zero-order valence-electron chi connectivity index (χ0n) is 18.9. The number of hydrogen-bond donors (Lipinski definition) is 1. The molecule has 0 aliphatic rings. The summed E-state index contributed by atoms with van der Waals surface area (Å²) >= 11 is 0. The third-order valence-corrected chi connectivity index (χ3v) is 7.02. The molecule has 10 heteroatoms. The van der Waals surface area contributed by atoms with E-state index >= 15 is 0 Å². The fraction of sp³-hybridized carbons (Fsp3) is 0.167. The first-order valence-electron chi connectivity index (χ1n) is 10.3. The van der Waals surface area contributed by atoms with Gasteiger partial charge in [0.05, 0.1) is 21.7 Å². The molecule has 0 unspecified atom stereocenters. The minimum atomic E-state index is -4.04. The summed E-state index contributed by atoms with van der Waals surface area (Å²) in [6.07, 6.45) is 1.32. The van der Waals surface area contributed by atoms with E-state index in [4.69, 9.17) is 0 Å². The number of hydrogen-bond acceptors (Lipinski definition) is 6. The number of anilines is 1. The van der Waals surface area contributed by atoms with Gasteiger partial charge in [-0.1, -0.05) is 29.8 Å². The molecule has 1 amide bonds. The zero-order valence-corrected chi connectivity index (χ0v) is 19.7. The number of sulfonamides is 1. The zero-order chi connectivity index (χ0) is 24.9. The summed E-state index contributed by atoms with van der Waals surface area (Å²) in [6, 6.07) is 17.3. The molecule has 1 N–H and O–H groups in total. The highest BCUT2D eigenvalue weighted by Gasteiger charge is 2.28. The van der Waals surface area contributed by atoms with Gasteiger partial charge in [0.15, 0.2) is 0 Å². The Hall–Kier alpha value is -4.05. The first kappa shape index (κ1) is 24.6. The molecule has 0 aliphatic carbocycles. The second kappa shape index (κ2) is 10.3. The summed E-state index contributed by atoms with van der Waals surface area (Å²) in [5, 5.41) is 14.6. The van der Waals surface area contributed by atoms with Crippen molar-refractivity contribution in [3.05, 3.63) is 99.1 Å². The molecule has 0 atom stereocenters. The number of benzene rings is 3. The van der Waals surface area contributed by atoms with E-state index in [-0.39, 0.29) is 10.6 Å². The van der Waals surface area contributed by atoms with Crippen molar-refractivity contribution >= 4 is 33.5 Å². The SMILES string of the molecule is Cc1ccc(S(=O)(=O)N(CC(=O)N/N=C\c2ccc([N+](=O)[O-])cc2)c2cccc(C)c2C)cc1. The lowest BCUT2D eigenvalue weighted by atomic mass is 10.1. The lowest BCUT2D eigenvalue weighted by molar-refractivity contribution is -0.384. The van der Waals surface area contributed by atoms with Gasteiger partial charge in [-0.05, 0) is 67.8 Å². The molecule has 0 saturated carbocycles. The average Bonchev–Trinajstić information content (AvgIpc) is 2.80. The number of carbonyl (C=O) groups excluding carboxylic acids is 1. The summed E-state index contributed by atoms with van der Waals surface area (Å²) in [5.41, 5.74) is 5.73. The number of nitro groups is 1. The first-order valence-corrected chi connectivity index (χ1v) is 11.8. The van der Waals surface area contributed by atoms with E-state index in [1.807, 2.05) is 19.9 Å². The molecule has 3 aromatic carbocycles. The number of nitro benzene ring substituents is 1. The lowest BCUT2D eigenvalue weighted by Gasteiger charge is -2.26. The van der Waals surface area contributed by atoms with E-state index in [1.165, 1.54) is 42.6 Å². The van der Waals surface area contributed by atoms with Crippen LogP contribution < -0.4 is 9.73 Å². The maximum atomic E-state index is 13.5. The minimum Gasteiger partial charge on any atom is -0.271 e. The summed E-state index contributed by atoms with van der Waals surface area (Å²) in [6.45, 7) is 5.03. The van der Waals surface area contributed by atoms with Gasteiger partial charge in [0.1, 0.15) is 6.54 Å². The third kappa shape index (κ3) is 5.65. The Kier molecular flexibility index (Phi) is 7.42. The highest BCUT2D eigenvalue weighted by molar-refractivity contribution is 7.92. The number of non-ortho nitro benzene ring substituents is 1. The highest BCUT2D eigenvalue weighted by atomic mass is 32.2. The van der Waals surface area contributed by atoms with Crippen LogP contribution in [0.3, 0.4) is 0 Å². The number of nitrogens with one attached hydrogen (secondary N) is 1. The predicted octanol–water partition coefficient (Wildman–Crippen LogP) is 3.87. The normalized spacial score (nSPS) is 11.4. The van der Waals surface area contributed by atoms with E-state index in [2.05, 4.69) is 10.5 Å². The van der Waals surface area contributed by atoms with Gasteiger partial charge in [-0.15, -0.1) is 0 Å². The monoisotopic (exact) mass is 480 g/mol. The van der Waals surface area contributed by atoms with Gasteiger partial charge in [0.25, 0.3) is 21.6 Å². The number of carbonyl (C=O) groups is 1. The molecule has 176 valence electrons. The molecule has 34 heavy (non-hydrogen) atoms. The van der Waals surface area contributed by atoms with E-state index in [1.54, 1.807) is 31.2 Å². The van der Waals surface area contributed by atoms with Crippen LogP contribution >= 0.6 is 0 Å². The van der Waals surface area contributed by atoms with Crippen LogP contribution in [0.25, 0.3) is 0 Å².